The summed E-state index contributed by atoms with van der Waals surface area (Å²) >= 11 is 7.38. The quantitative estimate of drug-likeness (QED) is 0.721. The number of oxazole rings is 1. The number of anilines is 1. The van der Waals surface area contributed by atoms with Gasteiger partial charge in [0.1, 0.15) is 5.52 Å². The zero-order valence-corrected chi connectivity index (χ0v) is 9.55. The van der Waals surface area contributed by atoms with Gasteiger partial charge < -0.3 is 10.2 Å². The number of rotatable bonds is 1. The predicted molar refractivity (Wildman–Crippen MR) is 64.5 cm³/mol. The summed E-state index contributed by atoms with van der Waals surface area (Å²) in [5, 5.41) is 2.98. The fourth-order valence-electron chi connectivity index (χ4n) is 1.54. The summed E-state index contributed by atoms with van der Waals surface area (Å²) in [7, 11) is 0. The second kappa shape index (κ2) is 3.47. The van der Waals surface area contributed by atoms with E-state index in [4.69, 9.17) is 21.8 Å². The largest absolute Gasteiger partial charge is 0.443 e. The molecule has 3 rings (SSSR count). The van der Waals surface area contributed by atoms with Crippen LogP contribution in [0.1, 0.15) is 0 Å². The van der Waals surface area contributed by atoms with Gasteiger partial charge in [0.05, 0.1) is 5.69 Å². The Labute approximate surface area is 99.7 Å². The van der Waals surface area contributed by atoms with Gasteiger partial charge in [-0.15, -0.1) is 11.3 Å². The van der Waals surface area contributed by atoms with Crippen molar-refractivity contribution in [1.82, 2.24) is 9.97 Å². The summed E-state index contributed by atoms with van der Waals surface area (Å²) in [6.45, 7) is 0. The minimum absolute atomic E-state index is 0.516. The Morgan fingerprint density at radius 2 is 2.25 bits per heavy atom. The van der Waals surface area contributed by atoms with E-state index >= 15 is 0 Å². The fourth-order valence-corrected chi connectivity index (χ4v) is 2.31. The highest BCUT2D eigenvalue weighted by atomic mass is 35.5. The molecule has 2 aromatic heterocycles. The summed E-state index contributed by atoms with van der Waals surface area (Å²) < 4.78 is 5.32. The first-order valence-corrected chi connectivity index (χ1v) is 5.74. The van der Waals surface area contributed by atoms with Gasteiger partial charge in [-0.25, -0.2) is 9.97 Å². The molecule has 0 unspecified atom stereocenters. The SMILES string of the molecule is Nc1nc(-c2cc(Cl)cc3ncoc23)cs1. The molecule has 0 aliphatic carbocycles. The first kappa shape index (κ1) is 9.62. The molecule has 16 heavy (non-hydrogen) atoms. The van der Waals surface area contributed by atoms with E-state index < -0.39 is 0 Å². The lowest BCUT2D eigenvalue weighted by Gasteiger charge is -1.98. The van der Waals surface area contributed by atoms with Crippen LogP contribution in [-0.2, 0) is 0 Å². The molecule has 0 radical (unpaired) electrons. The molecule has 2 N–H and O–H groups in total. The molecule has 0 aliphatic heterocycles. The second-order valence-electron chi connectivity index (χ2n) is 3.22. The lowest BCUT2D eigenvalue weighted by Crippen LogP contribution is -1.84. The zero-order valence-electron chi connectivity index (χ0n) is 7.98. The van der Waals surface area contributed by atoms with Gasteiger partial charge in [0.15, 0.2) is 17.1 Å². The van der Waals surface area contributed by atoms with Crippen LogP contribution in [0, 0.1) is 0 Å². The Bertz CT molecular complexity index is 661. The highest BCUT2D eigenvalue weighted by Crippen LogP contribution is 2.32. The summed E-state index contributed by atoms with van der Waals surface area (Å²) in [6.07, 6.45) is 1.39. The number of nitrogen functional groups attached to an aromatic ring is 1. The molecule has 4 nitrogen and oxygen atoms in total. The normalized spacial score (nSPS) is 11.1. The van der Waals surface area contributed by atoms with Crippen LogP contribution in [0.3, 0.4) is 0 Å². The van der Waals surface area contributed by atoms with Crippen molar-refractivity contribution in [3.05, 3.63) is 28.9 Å². The number of thiazole rings is 1. The standard InChI is InChI=1S/C10H6ClN3OS/c11-5-1-6(8-3-16-10(12)14-8)9-7(2-5)13-4-15-9/h1-4H,(H2,12,14). The molecule has 0 bridgehead atoms. The van der Waals surface area contributed by atoms with E-state index in [1.165, 1.54) is 17.7 Å². The van der Waals surface area contributed by atoms with Gasteiger partial charge in [0.25, 0.3) is 0 Å². The van der Waals surface area contributed by atoms with Crippen molar-refractivity contribution in [2.75, 3.05) is 5.73 Å². The van der Waals surface area contributed by atoms with Crippen LogP contribution in [0.4, 0.5) is 5.13 Å². The average Bonchev–Trinajstić information content (AvgIpc) is 2.84. The molecule has 0 aliphatic rings. The van der Waals surface area contributed by atoms with Gasteiger partial charge in [0, 0.05) is 16.0 Å². The van der Waals surface area contributed by atoms with E-state index in [1.807, 2.05) is 5.38 Å². The lowest BCUT2D eigenvalue weighted by molar-refractivity contribution is 0.603. The van der Waals surface area contributed by atoms with Crippen LogP contribution in [0.15, 0.2) is 28.3 Å². The first-order chi connectivity index (χ1) is 7.74. The number of nitrogens with zero attached hydrogens (tertiary/aromatic N) is 2. The van der Waals surface area contributed by atoms with Gasteiger partial charge in [-0.2, -0.15) is 0 Å². The van der Waals surface area contributed by atoms with Crippen LogP contribution in [0.2, 0.25) is 5.02 Å². The maximum absolute atomic E-state index is 6.00. The number of fused-ring (bicyclic) bond motifs is 1. The minimum atomic E-state index is 0.516. The van der Waals surface area contributed by atoms with Crippen LogP contribution in [0.25, 0.3) is 22.4 Å². The number of nitrogens with two attached hydrogens (primary N) is 1. The van der Waals surface area contributed by atoms with E-state index in [0.717, 1.165) is 11.3 Å². The van der Waals surface area contributed by atoms with E-state index in [1.54, 1.807) is 12.1 Å². The number of aromatic nitrogens is 2. The van der Waals surface area contributed by atoms with Crippen LogP contribution in [0.5, 0.6) is 0 Å². The molecule has 0 atom stereocenters. The Morgan fingerprint density at radius 1 is 1.38 bits per heavy atom. The second-order valence-corrected chi connectivity index (χ2v) is 4.55. The average molecular weight is 252 g/mol. The minimum Gasteiger partial charge on any atom is -0.443 e. The molecule has 0 saturated heterocycles. The molecule has 2 heterocycles. The molecule has 80 valence electrons. The third-order valence-corrected chi connectivity index (χ3v) is 3.09. The molecule has 6 heteroatoms. The van der Waals surface area contributed by atoms with E-state index in [2.05, 4.69) is 9.97 Å². The van der Waals surface area contributed by atoms with Crippen LogP contribution in [-0.4, -0.2) is 9.97 Å². The van der Waals surface area contributed by atoms with E-state index in [0.29, 0.717) is 21.3 Å². The van der Waals surface area contributed by atoms with Gasteiger partial charge >= 0.3 is 0 Å². The number of hydrogen-bond donors (Lipinski definition) is 1. The Hall–Kier alpha value is -1.59. The van der Waals surface area contributed by atoms with Crippen molar-refractivity contribution in [2.45, 2.75) is 0 Å². The highest BCUT2D eigenvalue weighted by Gasteiger charge is 2.12. The number of halogens is 1. The summed E-state index contributed by atoms with van der Waals surface area (Å²) in [6, 6.07) is 3.54. The topological polar surface area (TPSA) is 64.9 Å². The van der Waals surface area contributed by atoms with Crippen LogP contribution < -0.4 is 5.73 Å². The molecular formula is C10H6ClN3OS. The Morgan fingerprint density at radius 3 is 3.00 bits per heavy atom. The Kier molecular flexibility index (Phi) is 2.08. The van der Waals surface area contributed by atoms with Crippen LogP contribution >= 0.6 is 22.9 Å². The van der Waals surface area contributed by atoms with Crippen molar-refractivity contribution >= 4 is 39.2 Å². The summed E-state index contributed by atoms with van der Waals surface area (Å²) in [5.74, 6) is 0. The van der Waals surface area contributed by atoms with Gasteiger partial charge in [-0.3, -0.25) is 0 Å². The molecular weight excluding hydrogens is 246 g/mol. The van der Waals surface area contributed by atoms with Crippen molar-refractivity contribution in [1.29, 1.82) is 0 Å². The maximum atomic E-state index is 6.00. The lowest BCUT2D eigenvalue weighted by atomic mass is 10.1. The number of hydrogen-bond acceptors (Lipinski definition) is 5. The van der Waals surface area contributed by atoms with E-state index in [9.17, 15) is 0 Å². The predicted octanol–water partition coefficient (Wildman–Crippen LogP) is 3.19. The Balaban J connectivity index is 2.33. The third kappa shape index (κ3) is 1.45. The van der Waals surface area contributed by atoms with Gasteiger partial charge in [-0.05, 0) is 12.1 Å². The molecule has 3 aromatic rings. The van der Waals surface area contributed by atoms with Gasteiger partial charge in [-0.1, -0.05) is 11.6 Å². The summed E-state index contributed by atoms with van der Waals surface area (Å²) in [5.41, 5.74) is 8.56. The van der Waals surface area contributed by atoms with Crippen molar-refractivity contribution in [3.8, 4) is 11.3 Å². The molecule has 0 saturated carbocycles. The highest BCUT2D eigenvalue weighted by molar-refractivity contribution is 7.13. The number of benzene rings is 1. The maximum Gasteiger partial charge on any atom is 0.182 e. The zero-order chi connectivity index (χ0) is 11.1. The van der Waals surface area contributed by atoms with E-state index in [-0.39, 0.29) is 0 Å². The molecule has 0 amide bonds. The van der Waals surface area contributed by atoms with Crippen molar-refractivity contribution in [2.24, 2.45) is 0 Å². The summed E-state index contributed by atoms with van der Waals surface area (Å²) in [4.78, 5) is 8.27. The molecule has 0 fully saturated rings. The molecule has 0 spiro atoms. The van der Waals surface area contributed by atoms with Crippen molar-refractivity contribution < 1.29 is 4.42 Å². The third-order valence-electron chi connectivity index (χ3n) is 2.19. The smallest absolute Gasteiger partial charge is 0.182 e. The first-order valence-electron chi connectivity index (χ1n) is 4.48. The fraction of sp³-hybridized carbons (Fsp3) is 0. The molecule has 1 aromatic carbocycles. The monoisotopic (exact) mass is 251 g/mol. The van der Waals surface area contributed by atoms with Gasteiger partial charge in [0.2, 0.25) is 0 Å². The van der Waals surface area contributed by atoms with Crippen molar-refractivity contribution in [3.63, 3.8) is 0 Å².